The van der Waals surface area contributed by atoms with Crippen molar-refractivity contribution in [2.45, 2.75) is 6.92 Å². The zero-order valence-corrected chi connectivity index (χ0v) is 16.6. The molecular formula is C20H15Cl2N3O4. The molecule has 3 rings (SSSR count). The maximum Gasteiger partial charge on any atom is 0.352 e. The third kappa shape index (κ3) is 4.59. The highest BCUT2D eigenvalue weighted by atomic mass is 35.5. The van der Waals surface area contributed by atoms with Gasteiger partial charge in [0.1, 0.15) is 11.4 Å². The van der Waals surface area contributed by atoms with E-state index in [1.54, 1.807) is 30.3 Å². The quantitative estimate of drug-likeness (QED) is 0.451. The summed E-state index contributed by atoms with van der Waals surface area (Å²) in [5, 5.41) is 15.5. The van der Waals surface area contributed by atoms with E-state index in [2.05, 4.69) is 15.6 Å². The van der Waals surface area contributed by atoms with Crippen LogP contribution < -0.4 is 10.6 Å². The van der Waals surface area contributed by atoms with Crippen LogP contribution in [0.5, 0.6) is 0 Å². The van der Waals surface area contributed by atoms with Crippen LogP contribution >= 0.6 is 23.2 Å². The molecule has 0 radical (unpaired) electrons. The van der Waals surface area contributed by atoms with Gasteiger partial charge in [0.05, 0.1) is 5.02 Å². The minimum absolute atomic E-state index is 0.140. The molecule has 3 aromatic rings. The number of anilines is 1. The lowest BCUT2D eigenvalue weighted by Gasteiger charge is -2.10. The highest BCUT2D eigenvalue weighted by molar-refractivity contribution is 6.39. The average molecular weight is 432 g/mol. The third-order valence-electron chi connectivity index (χ3n) is 3.94. The van der Waals surface area contributed by atoms with Gasteiger partial charge in [0.25, 0.3) is 5.91 Å². The van der Waals surface area contributed by atoms with Gasteiger partial charge in [0, 0.05) is 34.1 Å². The van der Waals surface area contributed by atoms with Crippen LogP contribution in [0.3, 0.4) is 0 Å². The number of hydrogen-bond donors (Lipinski definition) is 4. The van der Waals surface area contributed by atoms with E-state index in [1.807, 2.05) is 0 Å². The molecule has 0 aliphatic carbocycles. The fourth-order valence-corrected chi connectivity index (χ4v) is 3.39. The minimum atomic E-state index is -1.26. The molecule has 2 aromatic carbocycles. The van der Waals surface area contributed by atoms with Crippen LogP contribution in [0, 0.1) is 0 Å². The molecule has 0 saturated carbocycles. The van der Waals surface area contributed by atoms with Crippen molar-refractivity contribution in [3.05, 3.63) is 69.5 Å². The number of aromatic amines is 1. The number of amides is 2. The van der Waals surface area contributed by atoms with E-state index in [1.165, 1.54) is 25.1 Å². The van der Waals surface area contributed by atoms with Crippen molar-refractivity contribution < 1.29 is 19.5 Å². The van der Waals surface area contributed by atoms with Gasteiger partial charge >= 0.3 is 5.97 Å². The van der Waals surface area contributed by atoms with Gasteiger partial charge in [-0.25, -0.2) is 4.79 Å². The standard InChI is InChI=1S/C20H15Cl2N3O4/c1-10(26)23-16(19(27)24-12-5-3-2-4-6-12)9-13-17-14(22)7-11(21)8-15(17)25-18(13)20(28)29/h2-9,25H,1H3,(H,23,26)(H,24,27)(H,28,29)/b16-9-. The molecule has 29 heavy (non-hydrogen) atoms. The van der Waals surface area contributed by atoms with E-state index in [0.717, 1.165) is 0 Å². The van der Waals surface area contributed by atoms with Gasteiger partial charge in [0.15, 0.2) is 0 Å². The van der Waals surface area contributed by atoms with E-state index in [4.69, 9.17) is 23.2 Å². The Bertz CT molecular complexity index is 1150. The fraction of sp³-hybridized carbons (Fsp3) is 0.0500. The number of fused-ring (bicyclic) bond motifs is 1. The molecule has 0 bridgehead atoms. The van der Waals surface area contributed by atoms with Crippen LogP contribution in [0.25, 0.3) is 17.0 Å². The van der Waals surface area contributed by atoms with E-state index < -0.39 is 17.8 Å². The number of nitrogens with one attached hydrogen (secondary N) is 3. The molecule has 0 aliphatic rings. The van der Waals surface area contributed by atoms with Gasteiger partial charge in [0.2, 0.25) is 5.91 Å². The van der Waals surface area contributed by atoms with Crippen molar-refractivity contribution in [1.29, 1.82) is 0 Å². The van der Waals surface area contributed by atoms with Crippen molar-refractivity contribution in [2.24, 2.45) is 0 Å². The third-order valence-corrected chi connectivity index (χ3v) is 4.46. The molecule has 1 heterocycles. The Balaban J connectivity index is 2.15. The second kappa shape index (κ2) is 8.38. The lowest BCUT2D eigenvalue weighted by atomic mass is 10.1. The van der Waals surface area contributed by atoms with Crippen LogP contribution in [0.2, 0.25) is 10.0 Å². The smallest absolute Gasteiger partial charge is 0.352 e. The number of aromatic nitrogens is 1. The number of halogens is 2. The maximum atomic E-state index is 12.7. The first-order valence-corrected chi connectivity index (χ1v) is 9.11. The summed E-state index contributed by atoms with van der Waals surface area (Å²) < 4.78 is 0. The molecule has 0 atom stereocenters. The Hall–Kier alpha value is -3.29. The number of para-hydroxylation sites is 1. The molecule has 9 heteroatoms. The minimum Gasteiger partial charge on any atom is -0.477 e. The molecule has 1 aromatic heterocycles. The number of H-pyrrole nitrogens is 1. The predicted octanol–water partition coefficient (Wildman–Crippen LogP) is 4.29. The molecule has 7 nitrogen and oxygen atoms in total. The SMILES string of the molecule is CC(=O)N/C(=C\c1c(C(=O)O)[nH]c2cc(Cl)cc(Cl)c12)C(=O)Nc1ccccc1. The number of benzene rings is 2. The molecule has 4 N–H and O–H groups in total. The normalized spacial score (nSPS) is 11.3. The number of carbonyl (C=O) groups excluding carboxylic acids is 2. The lowest BCUT2D eigenvalue weighted by molar-refractivity contribution is -0.120. The van der Waals surface area contributed by atoms with E-state index in [-0.39, 0.29) is 22.0 Å². The van der Waals surface area contributed by atoms with Crippen LogP contribution in [-0.2, 0) is 9.59 Å². The number of hydrogen-bond acceptors (Lipinski definition) is 3. The predicted molar refractivity (Wildman–Crippen MR) is 112 cm³/mol. The zero-order valence-electron chi connectivity index (χ0n) is 15.0. The van der Waals surface area contributed by atoms with E-state index in [9.17, 15) is 19.5 Å². The number of aromatic carboxylic acids is 1. The van der Waals surface area contributed by atoms with Crippen LogP contribution in [-0.4, -0.2) is 27.9 Å². The van der Waals surface area contributed by atoms with Crippen LogP contribution in [0.1, 0.15) is 23.0 Å². The summed E-state index contributed by atoms with van der Waals surface area (Å²) in [5.41, 5.74) is 0.698. The molecule has 0 unspecified atom stereocenters. The summed E-state index contributed by atoms with van der Waals surface area (Å²) in [6.45, 7) is 1.24. The Labute approximate surface area is 175 Å². The lowest BCUT2D eigenvalue weighted by Crippen LogP contribution is -2.29. The van der Waals surface area contributed by atoms with Gasteiger partial charge in [-0.3, -0.25) is 9.59 Å². The highest BCUT2D eigenvalue weighted by Gasteiger charge is 2.21. The molecular weight excluding hydrogens is 417 g/mol. The monoisotopic (exact) mass is 431 g/mol. The Morgan fingerprint density at radius 2 is 1.79 bits per heavy atom. The van der Waals surface area contributed by atoms with Gasteiger partial charge in [-0.2, -0.15) is 0 Å². The highest BCUT2D eigenvalue weighted by Crippen LogP contribution is 2.34. The van der Waals surface area contributed by atoms with E-state index in [0.29, 0.717) is 21.6 Å². The number of rotatable bonds is 5. The molecule has 0 fully saturated rings. The number of carbonyl (C=O) groups is 3. The zero-order chi connectivity index (χ0) is 21.1. The molecule has 148 valence electrons. The Morgan fingerprint density at radius 1 is 1.10 bits per heavy atom. The molecule has 0 aliphatic heterocycles. The average Bonchev–Trinajstić information content (AvgIpc) is 3.00. The van der Waals surface area contributed by atoms with Crippen molar-refractivity contribution in [3.8, 4) is 0 Å². The number of carboxylic acids is 1. The van der Waals surface area contributed by atoms with Crippen LogP contribution in [0.4, 0.5) is 5.69 Å². The van der Waals surface area contributed by atoms with Gasteiger partial charge in [-0.1, -0.05) is 41.4 Å². The van der Waals surface area contributed by atoms with Crippen molar-refractivity contribution >= 4 is 63.7 Å². The second-order valence-corrected chi connectivity index (χ2v) is 6.93. The van der Waals surface area contributed by atoms with Crippen molar-refractivity contribution in [2.75, 3.05) is 5.32 Å². The fourth-order valence-electron chi connectivity index (χ4n) is 2.80. The molecule has 0 spiro atoms. The van der Waals surface area contributed by atoms with Crippen molar-refractivity contribution in [3.63, 3.8) is 0 Å². The summed E-state index contributed by atoms with van der Waals surface area (Å²) in [5.74, 6) is -2.38. The largest absolute Gasteiger partial charge is 0.477 e. The van der Waals surface area contributed by atoms with Gasteiger partial charge in [-0.15, -0.1) is 0 Å². The van der Waals surface area contributed by atoms with Crippen molar-refractivity contribution in [1.82, 2.24) is 10.3 Å². The Morgan fingerprint density at radius 3 is 2.41 bits per heavy atom. The first-order valence-electron chi connectivity index (χ1n) is 8.36. The first kappa shape index (κ1) is 20.4. The van der Waals surface area contributed by atoms with Gasteiger partial charge < -0.3 is 20.7 Å². The summed E-state index contributed by atoms with van der Waals surface area (Å²) >= 11 is 12.3. The summed E-state index contributed by atoms with van der Waals surface area (Å²) in [7, 11) is 0. The van der Waals surface area contributed by atoms with E-state index >= 15 is 0 Å². The van der Waals surface area contributed by atoms with Crippen LogP contribution in [0.15, 0.2) is 48.2 Å². The summed E-state index contributed by atoms with van der Waals surface area (Å²) in [6, 6.07) is 11.6. The summed E-state index contributed by atoms with van der Waals surface area (Å²) in [4.78, 5) is 38.8. The maximum absolute atomic E-state index is 12.7. The van der Waals surface area contributed by atoms with Gasteiger partial charge in [-0.05, 0) is 30.3 Å². The molecule has 2 amide bonds. The topological polar surface area (TPSA) is 111 Å². The Kier molecular flexibility index (Phi) is 5.91. The number of carboxylic acid groups (broad SMARTS) is 1. The molecule has 0 saturated heterocycles. The summed E-state index contributed by atoms with van der Waals surface area (Å²) in [6.07, 6.45) is 1.27. The second-order valence-electron chi connectivity index (χ2n) is 6.09. The first-order chi connectivity index (χ1) is 13.8.